The Morgan fingerprint density at radius 1 is 0.339 bits per heavy atom. The number of anilines is 3. The first-order valence-corrected chi connectivity index (χ1v) is 21.7. The Morgan fingerprint density at radius 3 is 1.40 bits per heavy atom. The van der Waals surface area contributed by atoms with E-state index in [1.807, 2.05) is 0 Å². The summed E-state index contributed by atoms with van der Waals surface area (Å²) >= 11 is 0. The molecule has 10 aromatic rings. The van der Waals surface area contributed by atoms with E-state index in [9.17, 15) is 0 Å². The third-order valence-corrected chi connectivity index (χ3v) is 13.9. The molecular weight excluding hydrogens is 751 g/mol. The maximum Gasteiger partial charge on any atom is 0.138 e. The number of fused-ring (bicyclic) bond motifs is 9. The second-order valence-corrected chi connectivity index (χ2v) is 18.1. The van der Waals surface area contributed by atoms with E-state index < -0.39 is 0 Å². The van der Waals surface area contributed by atoms with Gasteiger partial charge in [0.25, 0.3) is 0 Å². The Labute approximate surface area is 363 Å². The van der Waals surface area contributed by atoms with Crippen LogP contribution < -0.4 is 4.90 Å². The van der Waals surface area contributed by atoms with Gasteiger partial charge in [-0.1, -0.05) is 173 Å². The third kappa shape index (κ3) is 5.49. The van der Waals surface area contributed by atoms with E-state index in [4.69, 9.17) is 4.42 Å². The normalized spacial score (nSPS) is 14.1. The molecule has 296 valence electrons. The number of rotatable bonds is 6. The summed E-state index contributed by atoms with van der Waals surface area (Å²) in [5, 5.41) is 2.18. The Hall–Kier alpha value is -7.42. The van der Waals surface area contributed by atoms with Gasteiger partial charge in [0, 0.05) is 27.6 Å². The summed E-state index contributed by atoms with van der Waals surface area (Å²) in [5.41, 5.74) is 22.3. The summed E-state index contributed by atoms with van der Waals surface area (Å²) in [6.45, 7) is 9.48. The minimum absolute atomic E-state index is 0.169. The summed E-state index contributed by atoms with van der Waals surface area (Å²) in [4.78, 5) is 2.51. The number of benzene rings is 9. The Morgan fingerprint density at radius 2 is 0.823 bits per heavy atom. The quantitative estimate of drug-likeness (QED) is 0.167. The second kappa shape index (κ2) is 13.5. The summed E-state index contributed by atoms with van der Waals surface area (Å²) in [6, 6.07) is 73.6. The first-order chi connectivity index (χ1) is 30.2. The van der Waals surface area contributed by atoms with E-state index >= 15 is 0 Å². The number of hydrogen-bond acceptors (Lipinski definition) is 2. The monoisotopic (exact) mass is 795 g/mol. The number of hydrogen-bond donors (Lipinski definition) is 0. The third-order valence-electron chi connectivity index (χ3n) is 13.9. The van der Waals surface area contributed by atoms with Gasteiger partial charge < -0.3 is 9.32 Å². The van der Waals surface area contributed by atoms with Crippen molar-refractivity contribution in [1.29, 1.82) is 0 Å². The average Bonchev–Trinajstić information content (AvgIpc) is 3.89. The summed E-state index contributed by atoms with van der Waals surface area (Å²) in [6.07, 6.45) is 0. The molecule has 0 unspecified atom stereocenters. The molecule has 2 aliphatic carbocycles. The van der Waals surface area contributed by atoms with Crippen molar-refractivity contribution in [2.75, 3.05) is 4.90 Å². The topological polar surface area (TPSA) is 16.4 Å². The van der Waals surface area contributed by atoms with Gasteiger partial charge in [-0.05, 0) is 132 Å². The van der Waals surface area contributed by atoms with Gasteiger partial charge in [0.2, 0.25) is 0 Å². The first-order valence-electron chi connectivity index (χ1n) is 21.7. The van der Waals surface area contributed by atoms with Gasteiger partial charge in [0.05, 0.1) is 11.1 Å². The van der Waals surface area contributed by atoms with Gasteiger partial charge in [0.1, 0.15) is 11.2 Å². The lowest BCUT2D eigenvalue weighted by Crippen LogP contribution is -2.18. The van der Waals surface area contributed by atoms with E-state index in [0.29, 0.717) is 0 Å². The van der Waals surface area contributed by atoms with Crippen molar-refractivity contribution in [3.63, 3.8) is 0 Å². The van der Waals surface area contributed by atoms with Gasteiger partial charge in [-0.15, -0.1) is 0 Å². The molecule has 0 atom stereocenters. The maximum absolute atomic E-state index is 6.96. The highest BCUT2D eigenvalue weighted by atomic mass is 16.3. The Balaban J connectivity index is 1.15. The molecular formula is C60H45NO. The molecule has 1 aromatic heterocycles. The van der Waals surface area contributed by atoms with Crippen LogP contribution in [0.5, 0.6) is 0 Å². The van der Waals surface area contributed by atoms with Crippen molar-refractivity contribution >= 4 is 39.0 Å². The molecule has 12 rings (SSSR count). The standard InChI is InChI=1S/C60H45NO/c1-59(2)51-24-13-11-22-46(51)48-29-27-44(36-53(48)59)61(45-28-30-49-47-23-12-14-25-52(47)60(3,4)54(49)37-45)55-34-43(41-21-15-20-40(32-41)38-16-7-5-8-17-38)35-57-58(55)50-33-42(26-31-56(50)62-57)39-18-9-6-10-19-39/h5-37H,1-4H3. The molecule has 2 nitrogen and oxygen atoms in total. The molecule has 0 spiro atoms. The molecule has 2 heteroatoms. The smallest absolute Gasteiger partial charge is 0.138 e. The number of nitrogens with zero attached hydrogens (tertiary/aromatic N) is 1. The van der Waals surface area contributed by atoms with Crippen LogP contribution in [0.1, 0.15) is 49.9 Å². The van der Waals surface area contributed by atoms with Crippen molar-refractivity contribution in [2.24, 2.45) is 0 Å². The fourth-order valence-electron chi connectivity index (χ4n) is 10.6. The van der Waals surface area contributed by atoms with Crippen molar-refractivity contribution in [1.82, 2.24) is 0 Å². The molecule has 0 saturated heterocycles. The van der Waals surface area contributed by atoms with Crippen LogP contribution in [0.4, 0.5) is 17.1 Å². The minimum Gasteiger partial charge on any atom is -0.456 e. The van der Waals surface area contributed by atoms with Crippen molar-refractivity contribution in [2.45, 2.75) is 38.5 Å². The zero-order valence-electron chi connectivity index (χ0n) is 35.4. The minimum atomic E-state index is -0.169. The zero-order chi connectivity index (χ0) is 41.7. The molecule has 0 amide bonds. The lowest BCUT2D eigenvalue weighted by molar-refractivity contribution is 0.660. The molecule has 0 fully saturated rings. The van der Waals surface area contributed by atoms with Gasteiger partial charge in [-0.25, -0.2) is 0 Å². The predicted octanol–water partition coefficient (Wildman–Crippen LogP) is 16.7. The molecule has 0 N–H and O–H groups in total. The van der Waals surface area contributed by atoms with E-state index in [0.717, 1.165) is 55.7 Å². The van der Waals surface area contributed by atoms with E-state index in [1.165, 1.54) is 61.2 Å². The van der Waals surface area contributed by atoms with Crippen LogP contribution in [0.15, 0.2) is 205 Å². The van der Waals surface area contributed by atoms with Gasteiger partial charge >= 0.3 is 0 Å². The summed E-state index contributed by atoms with van der Waals surface area (Å²) < 4.78 is 6.96. The van der Waals surface area contributed by atoms with E-state index in [-0.39, 0.29) is 10.8 Å². The highest BCUT2D eigenvalue weighted by Gasteiger charge is 2.38. The SMILES string of the molecule is CC1(C)c2ccccc2-c2ccc(N(c3ccc4c(c3)C(C)(C)c3ccccc3-4)c3cc(-c4cccc(-c5ccccc5)c4)cc4oc5ccc(-c6ccccc6)cc5c34)cc21. The Kier molecular flexibility index (Phi) is 7.96. The predicted molar refractivity (Wildman–Crippen MR) is 260 cm³/mol. The lowest BCUT2D eigenvalue weighted by atomic mass is 9.82. The van der Waals surface area contributed by atoms with Crippen LogP contribution in [0.25, 0.3) is 77.6 Å². The van der Waals surface area contributed by atoms with Crippen molar-refractivity contribution in [3.05, 3.63) is 222 Å². The van der Waals surface area contributed by atoms with E-state index in [1.54, 1.807) is 0 Å². The van der Waals surface area contributed by atoms with Gasteiger partial charge in [0.15, 0.2) is 0 Å². The summed E-state index contributed by atoms with van der Waals surface area (Å²) in [7, 11) is 0. The molecule has 0 radical (unpaired) electrons. The lowest BCUT2D eigenvalue weighted by Gasteiger charge is -2.30. The van der Waals surface area contributed by atoms with Crippen LogP contribution in [-0.2, 0) is 10.8 Å². The molecule has 2 aliphatic rings. The first kappa shape index (κ1) is 36.4. The maximum atomic E-state index is 6.96. The van der Waals surface area contributed by atoms with E-state index in [2.05, 4.69) is 233 Å². The molecule has 9 aromatic carbocycles. The molecule has 1 heterocycles. The second-order valence-electron chi connectivity index (χ2n) is 18.1. The molecule has 0 aliphatic heterocycles. The Bertz CT molecular complexity index is 3300. The van der Waals surface area contributed by atoms with Crippen LogP contribution in [-0.4, -0.2) is 0 Å². The fraction of sp³-hybridized carbons (Fsp3) is 0.100. The average molecular weight is 796 g/mol. The van der Waals surface area contributed by atoms with Crippen LogP contribution in [0.2, 0.25) is 0 Å². The zero-order valence-corrected chi connectivity index (χ0v) is 35.4. The molecule has 0 bridgehead atoms. The highest BCUT2D eigenvalue weighted by molar-refractivity contribution is 6.15. The fourth-order valence-corrected chi connectivity index (χ4v) is 10.6. The molecule has 0 saturated carbocycles. The largest absolute Gasteiger partial charge is 0.456 e. The van der Waals surface area contributed by atoms with Gasteiger partial charge in [-0.2, -0.15) is 0 Å². The summed E-state index contributed by atoms with van der Waals surface area (Å²) in [5.74, 6) is 0. The van der Waals surface area contributed by atoms with Gasteiger partial charge in [-0.3, -0.25) is 0 Å². The molecule has 62 heavy (non-hydrogen) atoms. The van der Waals surface area contributed by atoms with Crippen molar-refractivity contribution in [3.8, 4) is 55.6 Å². The van der Waals surface area contributed by atoms with Crippen molar-refractivity contribution < 1.29 is 4.42 Å². The van der Waals surface area contributed by atoms with Crippen LogP contribution in [0.3, 0.4) is 0 Å². The highest BCUT2D eigenvalue weighted by Crippen LogP contribution is 2.54. The van der Waals surface area contributed by atoms with Crippen LogP contribution >= 0.6 is 0 Å². The number of furan rings is 1. The van der Waals surface area contributed by atoms with Crippen LogP contribution in [0, 0.1) is 0 Å².